The van der Waals surface area contributed by atoms with Gasteiger partial charge in [-0.15, -0.1) is 11.3 Å². The van der Waals surface area contributed by atoms with E-state index in [1.54, 1.807) is 11.3 Å². The SMILES string of the molecule is Cc1cnc(N2CCN(C(=O)C3CO3)CC2)s1. The Balaban J connectivity index is 1.58. The lowest BCUT2D eigenvalue weighted by Crippen LogP contribution is -2.50. The van der Waals surface area contributed by atoms with E-state index >= 15 is 0 Å². The highest BCUT2D eigenvalue weighted by atomic mass is 32.1. The van der Waals surface area contributed by atoms with Crippen molar-refractivity contribution in [3.63, 3.8) is 0 Å². The van der Waals surface area contributed by atoms with E-state index in [2.05, 4.69) is 16.8 Å². The molecule has 17 heavy (non-hydrogen) atoms. The lowest BCUT2D eigenvalue weighted by molar-refractivity contribution is -0.132. The van der Waals surface area contributed by atoms with Crippen molar-refractivity contribution in [3.05, 3.63) is 11.1 Å². The van der Waals surface area contributed by atoms with Crippen LogP contribution in [-0.2, 0) is 9.53 Å². The zero-order valence-electron chi connectivity index (χ0n) is 9.76. The lowest BCUT2D eigenvalue weighted by Gasteiger charge is -2.34. The molecule has 6 heteroatoms. The summed E-state index contributed by atoms with van der Waals surface area (Å²) in [5.74, 6) is 0.153. The Morgan fingerprint density at radius 2 is 2.18 bits per heavy atom. The highest BCUT2D eigenvalue weighted by Crippen LogP contribution is 2.23. The van der Waals surface area contributed by atoms with Crippen LogP contribution in [0.2, 0.25) is 0 Å². The molecule has 0 saturated carbocycles. The Labute approximate surface area is 104 Å². The number of epoxide rings is 1. The second kappa shape index (κ2) is 4.27. The van der Waals surface area contributed by atoms with Gasteiger partial charge < -0.3 is 14.5 Å². The average Bonchev–Trinajstić information content (AvgIpc) is 3.11. The number of rotatable bonds is 2. The molecule has 5 nitrogen and oxygen atoms in total. The molecular formula is C11H15N3O2S. The van der Waals surface area contributed by atoms with Crippen molar-refractivity contribution in [1.29, 1.82) is 0 Å². The number of ether oxygens (including phenoxy) is 1. The smallest absolute Gasteiger partial charge is 0.254 e. The predicted octanol–water partition coefficient (Wildman–Crippen LogP) is 0.499. The summed E-state index contributed by atoms with van der Waals surface area (Å²) in [7, 11) is 0. The lowest BCUT2D eigenvalue weighted by atomic mass is 10.3. The number of aryl methyl sites for hydroxylation is 1. The molecule has 0 N–H and O–H groups in total. The number of anilines is 1. The number of aromatic nitrogens is 1. The predicted molar refractivity (Wildman–Crippen MR) is 65.4 cm³/mol. The topological polar surface area (TPSA) is 49.0 Å². The van der Waals surface area contributed by atoms with Gasteiger partial charge >= 0.3 is 0 Å². The van der Waals surface area contributed by atoms with Gasteiger partial charge in [-0.25, -0.2) is 4.98 Å². The number of piperazine rings is 1. The van der Waals surface area contributed by atoms with E-state index in [1.807, 2.05) is 11.1 Å². The van der Waals surface area contributed by atoms with Crippen molar-refractivity contribution in [2.24, 2.45) is 0 Å². The first-order chi connectivity index (χ1) is 8.24. The van der Waals surface area contributed by atoms with Crippen molar-refractivity contribution in [1.82, 2.24) is 9.88 Å². The Kier molecular flexibility index (Phi) is 2.76. The minimum Gasteiger partial charge on any atom is -0.363 e. The van der Waals surface area contributed by atoms with Gasteiger partial charge in [-0.3, -0.25) is 4.79 Å². The molecule has 2 saturated heterocycles. The summed E-state index contributed by atoms with van der Waals surface area (Å²) in [4.78, 5) is 21.5. The van der Waals surface area contributed by atoms with E-state index in [-0.39, 0.29) is 12.0 Å². The van der Waals surface area contributed by atoms with Gasteiger partial charge in [0.2, 0.25) is 0 Å². The van der Waals surface area contributed by atoms with Crippen LogP contribution in [0.5, 0.6) is 0 Å². The summed E-state index contributed by atoms with van der Waals surface area (Å²) < 4.78 is 5.02. The Bertz CT molecular complexity index is 422. The number of nitrogens with zero attached hydrogens (tertiary/aromatic N) is 3. The molecule has 3 heterocycles. The molecule has 1 unspecified atom stereocenters. The van der Waals surface area contributed by atoms with Crippen molar-refractivity contribution in [2.45, 2.75) is 13.0 Å². The van der Waals surface area contributed by atoms with E-state index in [1.165, 1.54) is 4.88 Å². The van der Waals surface area contributed by atoms with Crippen LogP contribution in [0.1, 0.15) is 4.88 Å². The van der Waals surface area contributed by atoms with Gasteiger partial charge in [0.25, 0.3) is 5.91 Å². The minimum absolute atomic E-state index is 0.149. The third-order valence-corrected chi connectivity index (χ3v) is 4.05. The van der Waals surface area contributed by atoms with Crippen molar-refractivity contribution in [3.8, 4) is 0 Å². The molecule has 1 amide bonds. The number of hydrogen-bond acceptors (Lipinski definition) is 5. The van der Waals surface area contributed by atoms with Gasteiger partial charge in [0.05, 0.1) is 6.61 Å². The zero-order valence-corrected chi connectivity index (χ0v) is 10.6. The Morgan fingerprint density at radius 3 is 2.71 bits per heavy atom. The number of hydrogen-bond donors (Lipinski definition) is 0. The average molecular weight is 253 g/mol. The highest BCUT2D eigenvalue weighted by Gasteiger charge is 2.36. The fraction of sp³-hybridized carbons (Fsp3) is 0.636. The first-order valence-corrected chi connectivity index (χ1v) is 6.63. The molecule has 2 aliphatic rings. The standard InChI is InChI=1S/C11H15N3O2S/c1-8-6-12-11(17-8)14-4-2-13(3-5-14)10(15)9-7-16-9/h6,9H,2-5,7H2,1H3. The third kappa shape index (κ3) is 2.28. The number of carbonyl (C=O) groups excluding carboxylic acids is 1. The van der Waals surface area contributed by atoms with Gasteiger partial charge in [-0.05, 0) is 6.92 Å². The second-order valence-electron chi connectivity index (χ2n) is 4.39. The highest BCUT2D eigenvalue weighted by molar-refractivity contribution is 7.15. The van der Waals surface area contributed by atoms with Gasteiger partial charge in [0, 0.05) is 37.3 Å². The second-order valence-corrected chi connectivity index (χ2v) is 5.60. The third-order valence-electron chi connectivity index (χ3n) is 3.08. The number of thiazole rings is 1. The fourth-order valence-electron chi connectivity index (χ4n) is 2.00. The van der Waals surface area contributed by atoms with E-state index in [4.69, 9.17) is 4.74 Å². The first kappa shape index (κ1) is 11.0. The van der Waals surface area contributed by atoms with Crippen molar-refractivity contribution in [2.75, 3.05) is 37.7 Å². The van der Waals surface area contributed by atoms with Crippen LogP contribution in [0.3, 0.4) is 0 Å². The maximum Gasteiger partial charge on any atom is 0.254 e. The molecule has 1 aromatic rings. The minimum atomic E-state index is -0.149. The quantitative estimate of drug-likeness (QED) is 0.720. The van der Waals surface area contributed by atoms with Crippen molar-refractivity contribution >= 4 is 22.4 Å². The van der Waals surface area contributed by atoms with Crippen LogP contribution in [-0.4, -0.2) is 54.7 Å². The molecule has 0 aromatic carbocycles. The molecule has 2 aliphatic heterocycles. The molecule has 92 valence electrons. The summed E-state index contributed by atoms with van der Waals surface area (Å²) in [5.41, 5.74) is 0. The van der Waals surface area contributed by atoms with Crippen LogP contribution in [0.25, 0.3) is 0 Å². The van der Waals surface area contributed by atoms with E-state index in [9.17, 15) is 4.79 Å². The Hall–Kier alpha value is -1.14. The molecule has 0 bridgehead atoms. The van der Waals surface area contributed by atoms with Crippen LogP contribution in [0.4, 0.5) is 5.13 Å². The normalized spacial score (nSPS) is 23.9. The zero-order chi connectivity index (χ0) is 11.8. The van der Waals surface area contributed by atoms with Crippen molar-refractivity contribution < 1.29 is 9.53 Å². The molecule has 1 aromatic heterocycles. The molecule has 1 atom stereocenters. The largest absolute Gasteiger partial charge is 0.363 e. The molecule has 0 aliphatic carbocycles. The number of carbonyl (C=O) groups is 1. The molecule has 0 radical (unpaired) electrons. The maximum absolute atomic E-state index is 11.8. The Morgan fingerprint density at radius 1 is 1.47 bits per heavy atom. The van der Waals surface area contributed by atoms with Crippen LogP contribution in [0.15, 0.2) is 6.20 Å². The molecule has 3 rings (SSSR count). The van der Waals surface area contributed by atoms with Crippen LogP contribution < -0.4 is 4.90 Å². The van der Waals surface area contributed by atoms with E-state index in [0.717, 1.165) is 31.3 Å². The van der Waals surface area contributed by atoms with Crippen LogP contribution >= 0.6 is 11.3 Å². The monoisotopic (exact) mass is 253 g/mol. The summed E-state index contributed by atoms with van der Waals surface area (Å²) in [6.07, 6.45) is 1.75. The van der Waals surface area contributed by atoms with Crippen LogP contribution in [0, 0.1) is 6.92 Å². The van der Waals surface area contributed by atoms with E-state index in [0.29, 0.717) is 6.61 Å². The molecule has 0 spiro atoms. The van der Waals surface area contributed by atoms with Gasteiger partial charge in [0.1, 0.15) is 0 Å². The van der Waals surface area contributed by atoms with E-state index < -0.39 is 0 Å². The van der Waals surface area contributed by atoms with Gasteiger partial charge in [-0.1, -0.05) is 0 Å². The van der Waals surface area contributed by atoms with Gasteiger partial charge in [0.15, 0.2) is 11.2 Å². The number of amides is 1. The maximum atomic E-state index is 11.8. The molecule has 2 fully saturated rings. The van der Waals surface area contributed by atoms with Gasteiger partial charge in [-0.2, -0.15) is 0 Å². The summed E-state index contributed by atoms with van der Waals surface area (Å²) in [6, 6.07) is 0. The summed E-state index contributed by atoms with van der Waals surface area (Å²) >= 11 is 1.71. The fourth-order valence-corrected chi connectivity index (χ4v) is 2.81. The summed E-state index contributed by atoms with van der Waals surface area (Å²) in [5, 5.41) is 1.07. The molecular weight excluding hydrogens is 238 g/mol. The summed E-state index contributed by atoms with van der Waals surface area (Å²) in [6.45, 7) is 5.95. The first-order valence-electron chi connectivity index (χ1n) is 5.82.